The molecule has 9 heteroatoms. The highest BCUT2D eigenvalue weighted by Gasteiger charge is 1.94. The summed E-state index contributed by atoms with van der Waals surface area (Å²) in [7, 11) is 0. The van der Waals surface area contributed by atoms with E-state index in [4.69, 9.17) is 11.5 Å². The maximum Gasteiger partial charge on any atom is 0.0341 e. The van der Waals surface area contributed by atoms with Gasteiger partial charge in [-0.2, -0.15) is 11.8 Å². The van der Waals surface area contributed by atoms with Crippen molar-refractivity contribution in [2.24, 2.45) is 0 Å². The fourth-order valence-corrected chi connectivity index (χ4v) is 2.54. The minimum absolute atomic E-state index is 0. The molecule has 0 amide bonds. The van der Waals surface area contributed by atoms with Crippen LogP contribution in [0.1, 0.15) is 0 Å². The van der Waals surface area contributed by atoms with Gasteiger partial charge in [0.2, 0.25) is 0 Å². The number of nitrogens with one attached hydrogen (secondary N) is 2. The summed E-state index contributed by atoms with van der Waals surface area (Å²) in [6, 6.07) is 15.6. The molecule has 0 unspecified atom stereocenters. The summed E-state index contributed by atoms with van der Waals surface area (Å²) < 4.78 is 0. The Hall–Kier alpha value is -0.850. The first kappa shape index (κ1) is 28.9. The van der Waals surface area contributed by atoms with Crippen molar-refractivity contribution in [2.75, 3.05) is 46.7 Å². The van der Waals surface area contributed by atoms with Gasteiger partial charge in [-0.3, -0.25) is 0 Å². The van der Waals surface area contributed by atoms with Gasteiger partial charge in [-0.1, -0.05) is 0 Å². The second-order valence-corrected chi connectivity index (χ2v) is 5.93. The average Bonchev–Trinajstić information content (AvgIpc) is 2.50. The molecule has 144 valence electrons. The maximum atomic E-state index is 5.65. The Morgan fingerprint density at radius 2 is 0.920 bits per heavy atom. The highest BCUT2D eigenvalue weighted by molar-refractivity contribution is 7.99. The molecule has 25 heavy (non-hydrogen) atoms. The van der Waals surface area contributed by atoms with E-state index in [1.165, 1.54) is 0 Å². The van der Waals surface area contributed by atoms with Crippen LogP contribution < -0.4 is 22.1 Å². The Balaban J connectivity index is -0.00000121. The van der Waals surface area contributed by atoms with E-state index in [2.05, 4.69) is 10.6 Å². The topological polar surface area (TPSA) is 76.1 Å². The van der Waals surface area contributed by atoms with Crippen molar-refractivity contribution >= 4 is 84.1 Å². The van der Waals surface area contributed by atoms with E-state index in [1.807, 2.05) is 60.3 Å². The lowest BCUT2D eigenvalue weighted by molar-refractivity contribution is 1.20. The van der Waals surface area contributed by atoms with Crippen LogP contribution in [0.3, 0.4) is 0 Å². The van der Waals surface area contributed by atoms with Gasteiger partial charge in [-0.15, -0.1) is 49.6 Å². The zero-order valence-corrected chi connectivity index (χ0v) is 17.7. The molecule has 6 N–H and O–H groups in total. The summed E-state index contributed by atoms with van der Waals surface area (Å²) in [6.07, 6.45) is 0. The van der Waals surface area contributed by atoms with Crippen LogP contribution in [0.25, 0.3) is 0 Å². The minimum atomic E-state index is 0. The van der Waals surface area contributed by atoms with Crippen molar-refractivity contribution in [3.63, 3.8) is 0 Å². The molecule has 4 nitrogen and oxygen atoms in total. The monoisotopic (exact) mass is 446 g/mol. The van der Waals surface area contributed by atoms with Crippen molar-refractivity contribution in [2.45, 2.75) is 0 Å². The number of thioether (sulfide) groups is 1. The highest BCUT2D eigenvalue weighted by atomic mass is 35.5. The number of hydrogen-bond acceptors (Lipinski definition) is 5. The second kappa shape index (κ2) is 16.6. The maximum absolute atomic E-state index is 5.65. The molecule has 0 saturated heterocycles. The van der Waals surface area contributed by atoms with E-state index < -0.39 is 0 Å². The zero-order valence-electron chi connectivity index (χ0n) is 13.6. The molecule has 0 aliphatic rings. The van der Waals surface area contributed by atoms with Gasteiger partial charge < -0.3 is 22.1 Å². The zero-order chi connectivity index (χ0) is 14.9. The largest absolute Gasteiger partial charge is 0.399 e. The lowest BCUT2D eigenvalue weighted by Gasteiger charge is -2.08. The van der Waals surface area contributed by atoms with Crippen molar-refractivity contribution in [3.8, 4) is 0 Å². The van der Waals surface area contributed by atoms with E-state index in [0.717, 1.165) is 47.3 Å². The Kier molecular flexibility index (Phi) is 19.2. The molecule has 0 bridgehead atoms. The fourth-order valence-electron chi connectivity index (χ4n) is 1.84. The molecular weight excluding hydrogens is 422 g/mol. The lowest BCUT2D eigenvalue weighted by atomic mass is 10.3. The van der Waals surface area contributed by atoms with E-state index in [-0.39, 0.29) is 49.6 Å². The van der Waals surface area contributed by atoms with Crippen LogP contribution in [-0.4, -0.2) is 24.6 Å². The van der Waals surface area contributed by atoms with Crippen LogP contribution in [0.15, 0.2) is 48.5 Å². The Morgan fingerprint density at radius 1 is 0.600 bits per heavy atom. The smallest absolute Gasteiger partial charge is 0.0341 e. The average molecular weight is 448 g/mol. The standard InChI is InChI=1S/C16H22N4S.4ClH/c17-13-1-5-15(6-2-13)19-9-11-21-12-10-20-16-7-3-14(18)4-8-16;;;;/h1-8,19-20H,9-12,17-18H2;4*1H. The van der Waals surface area contributed by atoms with Crippen LogP contribution >= 0.6 is 61.4 Å². The molecule has 2 aromatic carbocycles. The number of hydrogen-bond donors (Lipinski definition) is 4. The first-order valence-corrected chi connectivity index (χ1v) is 8.16. The SMILES string of the molecule is Cl.Cl.Cl.Cl.Nc1ccc(NCCSCCNc2ccc(N)cc2)cc1. The molecule has 2 aromatic rings. The number of halogens is 4. The molecule has 0 heterocycles. The molecular formula is C16H26Cl4N4S. The third kappa shape index (κ3) is 12.2. The van der Waals surface area contributed by atoms with Crippen LogP contribution in [0.5, 0.6) is 0 Å². The summed E-state index contributed by atoms with van der Waals surface area (Å²) in [4.78, 5) is 0. The lowest BCUT2D eigenvalue weighted by Crippen LogP contribution is -2.08. The van der Waals surface area contributed by atoms with Crippen molar-refractivity contribution < 1.29 is 0 Å². The quantitative estimate of drug-likeness (QED) is 0.345. The molecule has 0 aliphatic heterocycles. The first-order valence-electron chi connectivity index (χ1n) is 7.00. The second-order valence-electron chi connectivity index (χ2n) is 4.71. The van der Waals surface area contributed by atoms with Gasteiger partial charge in [-0.25, -0.2) is 0 Å². The minimum Gasteiger partial charge on any atom is -0.399 e. The Bertz CT molecular complexity index is 491. The van der Waals surface area contributed by atoms with Crippen LogP contribution in [0, 0.1) is 0 Å². The normalized spacial score (nSPS) is 8.64. The molecule has 0 aliphatic carbocycles. The summed E-state index contributed by atoms with van der Waals surface area (Å²) in [5, 5.41) is 6.75. The van der Waals surface area contributed by atoms with Crippen LogP contribution in [0.4, 0.5) is 22.7 Å². The number of anilines is 4. The summed E-state index contributed by atoms with van der Waals surface area (Å²) in [5.74, 6) is 2.15. The number of nitrogens with two attached hydrogens (primary N) is 2. The van der Waals surface area contributed by atoms with Gasteiger partial charge >= 0.3 is 0 Å². The highest BCUT2D eigenvalue weighted by Crippen LogP contribution is 2.12. The van der Waals surface area contributed by atoms with Gasteiger partial charge in [0.25, 0.3) is 0 Å². The fraction of sp³-hybridized carbons (Fsp3) is 0.250. The molecule has 2 rings (SSSR count). The summed E-state index contributed by atoms with van der Waals surface area (Å²) >= 11 is 1.92. The summed E-state index contributed by atoms with van der Waals surface area (Å²) in [5.41, 5.74) is 15.1. The van der Waals surface area contributed by atoms with Crippen molar-refractivity contribution in [3.05, 3.63) is 48.5 Å². The van der Waals surface area contributed by atoms with Crippen LogP contribution in [0.2, 0.25) is 0 Å². The number of rotatable bonds is 8. The first-order chi connectivity index (χ1) is 10.2. The number of benzene rings is 2. The van der Waals surface area contributed by atoms with E-state index in [0.29, 0.717) is 0 Å². The molecule has 0 saturated carbocycles. The third-order valence-electron chi connectivity index (χ3n) is 2.97. The van der Waals surface area contributed by atoms with Crippen LogP contribution in [-0.2, 0) is 0 Å². The van der Waals surface area contributed by atoms with Gasteiger partial charge in [0.15, 0.2) is 0 Å². The van der Waals surface area contributed by atoms with E-state index >= 15 is 0 Å². The van der Waals surface area contributed by atoms with Crippen molar-refractivity contribution in [1.29, 1.82) is 0 Å². The summed E-state index contributed by atoms with van der Waals surface area (Å²) in [6.45, 7) is 1.91. The van der Waals surface area contributed by atoms with E-state index in [1.54, 1.807) is 0 Å². The molecule has 0 radical (unpaired) electrons. The molecule has 0 fully saturated rings. The molecule has 0 atom stereocenters. The van der Waals surface area contributed by atoms with Gasteiger partial charge in [0.05, 0.1) is 0 Å². The predicted molar refractivity (Wildman–Crippen MR) is 125 cm³/mol. The van der Waals surface area contributed by atoms with Gasteiger partial charge in [0, 0.05) is 47.3 Å². The molecule has 0 aromatic heterocycles. The predicted octanol–water partition coefficient (Wildman–Crippen LogP) is 4.80. The van der Waals surface area contributed by atoms with E-state index in [9.17, 15) is 0 Å². The van der Waals surface area contributed by atoms with Gasteiger partial charge in [-0.05, 0) is 48.5 Å². The van der Waals surface area contributed by atoms with Crippen molar-refractivity contribution in [1.82, 2.24) is 0 Å². The Morgan fingerprint density at radius 3 is 1.24 bits per heavy atom. The third-order valence-corrected chi connectivity index (χ3v) is 3.96. The Labute approximate surface area is 178 Å². The van der Waals surface area contributed by atoms with Gasteiger partial charge in [0.1, 0.15) is 0 Å². The molecule has 0 spiro atoms. The number of nitrogen functional groups attached to an aromatic ring is 2.